The number of amides is 1. The van der Waals surface area contributed by atoms with Crippen LogP contribution in [0.5, 0.6) is 0 Å². The number of rotatable bonds is 4. The molecule has 1 N–H and O–H groups in total. The molecule has 1 atom stereocenters. The van der Waals surface area contributed by atoms with Crippen LogP contribution >= 0.6 is 11.3 Å². The van der Waals surface area contributed by atoms with E-state index in [1.54, 1.807) is 11.4 Å². The second-order valence-corrected chi connectivity index (χ2v) is 6.04. The summed E-state index contributed by atoms with van der Waals surface area (Å²) in [4.78, 5) is 41.8. The van der Waals surface area contributed by atoms with E-state index in [9.17, 15) is 14.4 Å². The molecule has 0 bridgehead atoms. The average molecular weight is 337 g/mol. The molecule has 3 heterocycles. The lowest BCUT2D eigenvalue weighted by Gasteiger charge is -2.32. The van der Waals surface area contributed by atoms with E-state index in [1.807, 2.05) is 0 Å². The molecule has 9 heteroatoms. The topological polar surface area (TPSA) is 102 Å². The first-order valence-corrected chi connectivity index (χ1v) is 7.98. The van der Waals surface area contributed by atoms with E-state index in [2.05, 4.69) is 4.98 Å². The zero-order valence-corrected chi connectivity index (χ0v) is 13.0. The van der Waals surface area contributed by atoms with Crippen LogP contribution in [0.3, 0.4) is 0 Å². The molecule has 2 aromatic rings. The molecule has 1 amide bonds. The highest BCUT2D eigenvalue weighted by molar-refractivity contribution is 7.16. The first kappa shape index (κ1) is 15.6. The highest BCUT2D eigenvalue weighted by Crippen LogP contribution is 2.14. The second-order valence-electron chi connectivity index (χ2n) is 5.15. The monoisotopic (exact) mass is 337 g/mol. The molecule has 1 aliphatic heterocycles. The number of nitrogens with zero attached hydrogens (tertiary/aromatic N) is 3. The third kappa shape index (κ3) is 3.10. The van der Waals surface area contributed by atoms with Crippen molar-refractivity contribution >= 4 is 33.4 Å². The summed E-state index contributed by atoms with van der Waals surface area (Å²) in [5.74, 6) is -1.39. The van der Waals surface area contributed by atoms with Crippen LogP contribution in [0.25, 0.3) is 10.2 Å². The first-order chi connectivity index (χ1) is 11.1. The van der Waals surface area contributed by atoms with Crippen LogP contribution in [0.15, 0.2) is 22.6 Å². The van der Waals surface area contributed by atoms with Crippen molar-refractivity contribution in [2.45, 2.75) is 19.0 Å². The molecule has 0 aliphatic carbocycles. The maximum absolute atomic E-state index is 12.3. The number of carbonyl (C=O) groups excluding carboxylic acids is 1. The smallest absolute Gasteiger partial charge is 0.328 e. The second kappa shape index (κ2) is 6.47. The van der Waals surface area contributed by atoms with Crippen molar-refractivity contribution in [3.63, 3.8) is 0 Å². The van der Waals surface area contributed by atoms with Crippen molar-refractivity contribution < 1.29 is 19.4 Å². The average Bonchev–Trinajstić information content (AvgIpc) is 3.03. The summed E-state index contributed by atoms with van der Waals surface area (Å²) in [6.45, 7) is 0.716. The van der Waals surface area contributed by atoms with Crippen molar-refractivity contribution in [3.8, 4) is 0 Å². The predicted molar refractivity (Wildman–Crippen MR) is 82.5 cm³/mol. The Morgan fingerprint density at radius 2 is 2.30 bits per heavy atom. The van der Waals surface area contributed by atoms with Gasteiger partial charge in [-0.15, -0.1) is 11.3 Å². The quantitative estimate of drug-likeness (QED) is 0.853. The van der Waals surface area contributed by atoms with Crippen LogP contribution in [-0.4, -0.2) is 57.2 Å². The number of aliphatic carboxylic acids is 1. The van der Waals surface area contributed by atoms with Gasteiger partial charge in [0.1, 0.15) is 4.83 Å². The fourth-order valence-corrected chi connectivity index (χ4v) is 3.24. The predicted octanol–water partition coefficient (Wildman–Crippen LogP) is 0.160. The fourth-order valence-electron chi connectivity index (χ4n) is 2.52. The number of aromatic nitrogens is 2. The van der Waals surface area contributed by atoms with Gasteiger partial charge in [0.05, 0.1) is 24.9 Å². The van der Waals surface area contributed by atoms with E-state index in [1.165, 1.54) is 27.1 Å². The molecule has 0 radical (unpaired) electrons. The van der Waals surface area contributed by atoms with Crippen LogP contribution in [0.1, 0.15) is 6.42 Å². The molecule has 0 spiro atoms. The third-order valence-corrected chi connectivity index (χ3v) is 4.57. The summed E-state index contributed by atoms with van der Waals surface area (Å²) in [5.41, 5.74) is -0.194. The summed E-state index contributed by atoms with van der Waals surface area (Å²) in [5, 5.41) is 11.5. The van der Waals surface area contributed by atoms with Gasteiger partial charge in [-0.3, -0.25) is 14.2 Å². The minimum atomic E-state index is -1.09. The Balaban J connectivity index is 1.71. The number of fused-ring (bicyclic) bond motifs is 1. The normalized spacial score (nSPS) is 18.3. The van der Waals surface area contributed by atoms with Crippen LogP contribution in [-0.2, 0) is 20.9 Å². The Bertz CT molecular complexity index is 799. The van der Waals surface area contributed by atoms with E-state index in [-0.39, 0.29) is 37.6 Å². The minimum absolute atomic E-state index is 0.0105. The Kier molecular flexibility index (Phi) is 4.39. The maximum Gasteiger partial charge on any atom is 0.328 e. The van der Waals surface area contributed by atoms with Crippen LogP contribution in [0, 0.1) is 0 Å². The Morgan fingerprint density at radius 3 is 3.09 bits per heavy atom. The third-order valence-electron chi connectivity index (χ3n) is 3.75. The Morgan fingerprint density at radius 1 is 1.48 bits per heavy atom. The first-order valence-electron chi connectivity index (χ1n) is 7.10. The number of carboxylic acids is 1. The van der Waals surface area contributed by atoms with Gasteiger partial charge in [-0.05, 0) is 11.4 Å². The molecule has 1 fully saturated rings. The van der Waals surface area contributed by atoms with Gasteiger partial charge in [0.15, 0.2) is 6.04 Å². The SMILES string of the molecule is O=C(O)C1COCCN1C(=O)CCn1cnc2sccc2c1=O. The number of aryl methyl sites for hydroxylation is 1. The van der Waals surface area contributed by atoms with Crippen molar-refractivity contribution in [1.29, 1.82) is 0 Å². The van der Waals surface area contributed by atoms with E-state index < -0.39 is 12.0 Å². The van der Waals surface area contributed by atoms with Gasteiger partial charge in [0.2, 0.25) is 5.91 Å². The van der Waals surface area contributed by atoms with Gasteiger partial charge in [-0.2, -0.15) is 0 Å². The summed E-state index contributed by atoms with van der Waals surface area (Å²) in [6, 6.07) is 0.737. The number of carboxylic acid groups (broad SMARTS) is 1. The van der Waals surface area contributed by atoms with Crippen molar-refractivity contribution in [1.82, 2.24) is 14.5 Å². The molecule has 3 rings (SSSR count). The van der Waals surface area contributed by atoms with Gasteiger partial charge in [0, 0.05) is 19.5 Å². The molecular formula is C14H15N3O5S. The van der Waals surface area contributed by atoms with Crippen molar-refractivity contribution in [2.24, 2.45) is 0 Å². The van der Waals surface area contributed by atoms with Crippen molar-refractivity contribution in [3.05, 3.63) is 28.1 Å². The lowest BCUT2D eigenvalue weighted by Crippen LogP contribution is -2.52. The number of carbonyl (C=O) groups is 2. The lowest BCUT2D eigenvalue weighted by atomic mass is 10.2. The molecule has 1 aliphatic rings. The number of hydrogen-bond acceptors (Lipinski definition) is 6. The number of hydrogen-bond donors (Lipinski definition) is 1. The van der Waals surface area contributed by atoms with E-state index in [0.29, 0.717) is 16.8 Å². The summed E-state index contributed by atoms with van der Waals surface area (Å²) in [7, 11) is 0. The van der Waals surface area contributed by atoms with E-state index in [4.69, 9.17) is 9.84 Å². The van der Waals surface area contributed by atoms with Gasteiger partial charge >= 0.3 is 5.97 Å². The molecule has 2 aromatic heterocycles. The number of morpholine rings is 1. The maximum atomic E-state index is 12.3. The van der Waals surface area contributed by atoms with Crippen LogP contribution < -0.4 is 5.56 Å². The van der Waals surface area contributed by atoms with Gasteiger partial charge < -0.3 is 14.7 Å². The van der Waals surface area contributed by atoms with Crippen molar-refractivity contribution in [2.75, 3.05) is 19.8 Å². The largest absolute Gasteiger partial charge is 0.480 e. The Hall–Kier alpha value is -2.26. The fraction of sp³-hybridized carbons (Fsp3) is 0.429. The molecule has 0 saturated carbocycles. The van der Waals surface area contributed by atoms with Crippen LogP contribution in [0.2, 0.25) is 0 Å². The van der Waals surface area contributed by atoms with Crippen LogP contribution in [0.4, 0.5) is 0 Å². The summed E-state index contributed by atoms with van der Waals surface area (Å²) in [6.07, 6.45) is 1.46. The lowest BCUT2D eigenvalue weighted by molar-refractivity contribution is -0.158. The summed E-state index contributed by atoms with van der Waals surface area (Å²) >= 11 is 1.38. The molecule has 23 heavy (non-hydrogen) atoms. The molecule has 8 nitrogen and oxygen atoms in total. The van der Waals surface area contributed by atoms with Gasteiger partial charge in [0.25, 0.3) is 5.56 Å². The molecule has 1 saturated heterocycles. The minimum Gasteiger partial charge on any atom is -0.480 e. The molecular weight excluding hydrogens is 322 g/mol. The number of ether oxygens (including phenoxy) is 1. The summed E-state index contributed by atoms with van der Waals surface area (Å²) < 4.78 is 6.48. The standard InChI is InChI=1S/C14H15N3O5S/c18-11(17-4-5-22-7-10(17)14(20)21)1-3-16-8-15-12-9(13(16)19)2-6-23-12/h2,6,8,10H,1,3-5,7H2,(H,20,21). The van der Waals surface area contributed by atoms with Gasteiger partial charge in [-0.25, -0.2) is 9.78 Å². The van der Waals surface area contributed by atoms with Gasteiger partial charge in [-0.1, -0.05) is 0 Å². The molecule has 122 valence electrons. The Labute approximate surface area is 134 Å². The zero-order chi connectivity index (χ0) is 16.4. The molecule has 1 unspecified atom stereocenters. The van der Waals surface area contributed by atoms with E-state index >= 15 is 0 Å². The highest BCUT2D eigenvalue weighted by atomic mass is 32.1. The number of thiophene rings is 1. The highest BCUT2D eigenvalue weighted by Gasteiger charge is 2.32. The zero-order valence-electron chi connectivity index (χ0n) is 12.2. The molecule has 0 aromatic carbocycles. The van der Waals surface area contributed by atoms with E-state index in [0.717, 1.165) is 0 Å².